The van der Waals surface area contributed by atoms with Gasteiger partial charge in [0.2, 0.25) is 5.82 Å². The van der Waals surface area contributed by atoms with Crippen LogP contribution in [0, 0.1) is 6.92 Å². The van der Waals surface area contributed by atoms with Gasteiger partial charge in [0.1, 0.15) is 17.6 Å². The molecule has 9 nitrogen and oxygen atoms in total. The number of ether oxygens (including phenoxy) is 1. The van der Waals surface area contributed by atoms with E-state index < -0.39 is 0 Å². The molecule has 5 aromatic rings. The number of furan rings is 1. The molecule has 0 aliphatic rings. The number of nitrogens with zero attached hydrogens (tertiary/aromatic N) is 5. The Morgan fingerprint density at radius 1 is 1.14 bits per heavy atom. The minimum Gasteiger partial charge on any atom is -0.458 e. The first-order valence-electron chi connectivity index (χ1n) is 9.06. The number of hydrogen-bond acceptors (Lipinski definition) is 7. The number of aryl methyl sites for hydroxylation is 1. The maximum Gasteiger partial charge on any atom is 0.279 e. The summed E-state index contributed by atoms with van der Waals surface area (Å²) < 4.78 is 19.5. The lowest BCUT2D eigenvalue weighted by Gasteiger charge is -2.11. The predicted molar refractivity (Wildman–Crippen MR) is 105 cm³/mol. The largest absolute Gasteiger partial charge is 0.458 e. The Labute approximate surface area is 164 Å². The summed E-state index contributed by atoms with van der Waals surface area (Å²) in [4.78, 5) is 22.1. The van der Waals surface area contributed by atoms with Crippen molar-refractivity contribution in [3.63, 3.8) is 0 Å². The molecular weight excluding hydrogens is 374 g/mol. The summed E-state index contributed by atoms with van der Waals surface area (Å²) in [5.41, 5.74) is 2.13. The Balaban J connectivity index is 1.73. The number of benzene rings is 1. The van der Waals surface area contributed by atoms with Crippen LogP contribution in [0.25, 0.3) is 39.7 Å². The molecule has 0 fully saturated rings. The summed E-state index contributed by atoms with van der Waals surface area (Å²) in [6.45, 7) is 2.66. The SMILES string of the molecule is COCCn1c(=O)c2c(-c3nc(-c4ccc(C)o4)no3)ncn2c2ccccc21. The van der Waals surface area contributed by atoms with Crippen LogP contribution in [0.5, 0.6) is 0 Å². The fourth-order valence-corrected chi connectivity index (χ4v) is 3.40. The summed E-state index contributed by atoms with van der Waals surface area (Å²) in [6, 6.07) is 11.2. The first-order valence-corrected chi connectivity index (χ1v) is 9.06. The van der Waals surface area contributed by atoms with Crippen molar-refractivity contribution < 1.29 is 13.7 Å². The van der Waals surface area contributed by atoms with Crippen LogP contribution in [0.15, 0.2) is 56.5 Å². The summed E-state index contributed by atoms with van der Waals surface area (Å²) in [6.07, 6.45) is 1.59. The molecule has 4 heterocycles. The molecular formula is C20H17N5O4. The van der Waals surface area contributed by atoms with Crippen LogP contribution < -0.4 is 5.56 Å². The molecule has 0 bridgehead atoms. The standard InChI is InChI=1S/C20H17N5O4/c1-12-7-8-15(28-12)18-22-19(29-23-18)16-17-20(26)24(9-10-27-2)13-5-3-4-6-14(13)25(17)11-21-16/h3-8,11H,9-10H2,1-2H3. The third kappa shape index (κ3) is 2.74. The molecule has 0 unspecified atom stereocenters. The fraction of sp³-hybridized carbons (Fsp3) is 0.200. The maximum atomic E-state index is 13.3. The van der Waals surface area contributed by atoms with E-state index in [4.69, 9.17) is 13.7 Å². The van der Waals surface area contributed by atoms with Crippen LogP contribution in [-0.4, -0.2) is 37.8 Å². The van der Waals surface area contributed by atoms with Gasteiger partial charge in [0.15, 0.2) is 11.5 Å². The van der Waals surface area contributed by atoms with Gasteiger partial charge in [-0.2, -0.15) is 4.98 Å². The summed E-state index contributed by atoms with van der Waals surface area (Å²) in [5, 5.41) is 3.97. The fourth-order valence-electron chi connectivity index (χ4n) is 3.40. The van der Waals surface area contributed by atoms with Gasteiger partial charge in [-0.05, 0) is 31.2 Å². The van der Waals surface area contributed by atoms with Gasteiger partial charge in [-0.25, -0.2) is 4.98 Å². The average Bonchev–Trinajstić information content (AvgIpc) is 3.46. The lowest BCUT2D eigenvalue weighted by Crippen LogP contribution is -2.24. The van der Waals surface area contributed by atoms with Gasteiger partial charge in [-0.1, -0.05) is 17.3 Å². The van der Waals surface area contributed by atoms with Crippen molar-refractivity contribution in [2.75, 3.05) is 13.7 Å². The van der Waals surface area contributed by atoms with Crippen LogP contribution in [0.1, 0.15) is 5.76 Å². The average molecular weight is 391 g/mol. The van der Waals surface area contributed by atoms with E-state index in [9.17, 15) is 4.79 Å². The Hall–Kier alpha value is -3.72. The quantitative estimate of drug-likeness (QED) is 0.454. The molecule has 4 aromatic heterocycles. The van der Waals surface area contributed by atoms with Crippen LogP contribution in [0.3, 0.4) is 0 Å². The van der Waals surface area contributed by atoms with Crippen molar-refractivity contribution in [2.24, 2.45) is 0 Å². The number of aromatic nitrogens is 5. The molecule has 0 aliphatic carbocycles. The normalized spacial score (nSPS) is 11.7. The van der Waals surface area contributed by atoms with Gasteiger partial charge < -0.3 is 18.2 Å². The molecule has 0 saturated carbocycles. The molecule has 0 atom stereocenters. The summed E-state index contributed by atoms with van der Waals surface area (Å²) >= 11 is 0. The summed E-state index contributed by atoms with van der Waals surface area (Å²) in [5.74, 6) is 1.69. The molecule has 9 heteroatoms. The van der Waals surface area contributed by atoms with Crippen molar-refractivity contribution in [1.29, 1.82) is 0 Å². The second-order valence-corrected chi connectivity index (χ2v) is 6.58. The maximum absolute atomic E-state index is 13.3. The predicted octanol–water partition coefficient (Wildman–Crippen LogP) is 2.91. The molecule has 0 aliphatic heterocycles. The minimum atomic E-state index is -0.207. The molecule has 146 valence electrons. The molecule has 0 radical (unpaired) electrons. The second kappa shape index (κ2) is 6.71. The first kappa shape index (κ1) is 17.4. The second-order valence-electron chi connectivity index (χ2n) is 6.58. The number of methoxy groups -OCH3 is 1. The topological polar surface area (TPSA) is 101 Å². The van der Waals surface area contributed by atoms with Gasteiger partial charge in [-0.3, -0.25) is 9.20 Å². The Morgan fingerprint density at radius 2 is 1.97 bits per heavy atom. The van der Waals surface area contributed by atoms with Gasteiger partial charge in [0, 0.05) is 13.7 Å². The van der Waals surface area contributed by atoms with Crippen molar-refractivity contribution in [3.8, 4) is 23.2 Å². The Bertz CT molecular complexity index is 1390. The number of rotatable bonds is 5. The van der Waals surface area contributed by atoms with E-state index in [1.165, 1.54) is 0 Å². The van der Waals surface area contributed by atoms with Crippen LogP contribution in [-0.2, 0) is 11.3 Å². The molecule has 0 spiro atoms. The van der Waals surface area contributed by atoms with Gasteiger partial charge >= 0.3 is 0 Å². The van der Waals surface area contributed by atoms with Crippen molar-refractivity contribution >= 4 is 16.6 Å². The molecule has 5 rings (SSSR count). The molecule has 29 heavy (non-hydrogen) atoms. The highest BCUT2D eigenvalue weighted by molar-refractivity contribution is 5.83. The van der Waals surface area contributed by atoms with Gasteiger partial charge in [0.25, 0.3) is 11.4 Å². The van der Waals surface area contributed by atoms with Crippen molar-refractivity contribution in [1.82, 2.24) is 24.1 Å². The molecule has 0 N–H and O–H groups in total. The minimum absolute atomic E-state index is 0.155. The third-order valence-electron chi connectivity index (χ3n) is 4.76. The lowest BCUT2D eigenvalue weighted by atomic mass is 10.2. The number of hydrogen-bond donors (Lipinski definition) is 0. The zero-order valence-corrected chi connectivity index (χ0v) is 15.8. The van der Waals surface area contributed by atoms with E-state index in [0.29, 0.717) is 35.9 Å². The van der Waals surface area contributed by atoms with E-state index in [2.05, 4.69) is 15.1 Å². The van der Waals surface area contributed by atoms with Crippen LogP contribution in [0.2, 0.25) is 0 Å². The highest BCUT2D eigenvalue weighted by Gasteiger charge is 2.22. The zero-order chi connectivity index (χ0) is 20.0. The van der Waals surface area contributed by atoms with E-state index in [1.54, 1.807) is 28.5 Å². The van der Waals surface area contributed by atoms with Gasteiger partial charge in [0.05, 0.1) is 17.6 Å². The smallest absolute Gasteiger partial charge is 0.279 e. The van der Waals surface area contributed by atoms with Crippen molar-refractivity contribution in [2.45, 2.75) is 13.5 Å². The zero-order valence-electron chi connectivity index (χ0n) is 15.8. The lowest BCUT2D eigenvalue weighted by molar-refractivity contribution is 0.187. The number of fused-ring (bicyclic) bond motifs is 3. The van der Waals surface area contributed by atoms with Gasteiger partial charge in [-0.15, -0.1) is 0 Å². The summed E-state index contributed by atoms with van der Waals surface area (Å²) in [7, 11) is 1.60. The third-order valence-corrected chi connectivity index (χ3v) is 4.76. The van der Waals surface area contributed by atoms with E-state index >= 15 is 0 Å². The first-order chi connectivity index (χ1) is 14.2. The van der Waals surface area contributed by atoms with Crippen LogP contribution in [0.4, 0.5) is 0 Å². The highest BCUT2D eigenvalue weighted by atomic mass is 16.5. The monoisotopic (exact) mass is 391 g/mol. The molecule has 0 saturated heterocycles. The molecule has 1 aromatic carbocycles. The van der Waals surface area contributed by atoms with Crippen molar-refractivity contribution in [3.05, 3.63) is 58.8 Å². The van der Waals surface area contributed by atoms with E-state index in [-0.39, 0.29) is 11.4 Å². The highest BCUT2D eigenvalue weighted by Crippen LogP contribution is 2.26. The number of imidazole rings is 1. The Morgan fingerprint density at radius 3 is 2.72 bits per heavy atom. The molecule has 0 amide bonds. The number of para-hydroxylation sites is 2. The van der Waals surface area contributed by atoms with E-state index in [1.807, 2.05) is 37.3 Å². The van der Waals surface area contributed by atoms with E-state index in [0.717, 1.165) is 16.8 Å². The van der Waals surface area contributed by atoms with Crippen LogP contribution >= 0.6 is 0 Å². The Kier molecular flexibility index (Phi) is 4.02.